The van der Waals surface area contributed by atoms with Gasteiger partial charge in [-0.25, -0.2) is 0 Å². The number of carbonyl (C=O) groups is 1. The summed E-state index contributed by atoms with van der Waals surface area (Å²) < 4.78 is 5.74. The maximum Gasteiger partial charge on any atom is 0.290 e. The van der Waals surface area contributed by atoms with Crippen LogP contribution in [-0.2, 0) is 0 Å². The third-order valence-electron chi connectivity index (χ3n) is 4.63. The lowest BCUT2D eigenvalue weighted by Crippen LogP contribution is -2.29. The largest absolute Gasteiger partial charge is 0.450 e. The topological polar surface area (TPSA) is 93.7 Å². The third-order valence-corrected chi connectivity index (χ3v) is 4.63. The van der Waals surface area contributed by atoms with Crippen molar-refractivity contribution in [3.63, 3.8) is 0 Å². The summed E-state index contributed by atoms with van der Waals surface area (Å²) in [4.78, 5) is 37.7. The van der Waals surface area contributed by atoms with Gasteiger partial charge in [0.05, 0.1) is 21.9 Å². The Balaban J connectivity index is 1.96. The fourth-order valence-corrected chi connectivity index (χ4v) is 3.42. The molecule has 1 amide bonds. The fraction of sp³-hybridized carbons (Fsp3) is 0.158. The molecular weight excluding hydrogens is 336 g/mol. The van der Waals surface area contributed by atoms with Crippen LogP contribution in [0.25, 0.3) is 11.0 Å². The number of nitrogens with zero attached hydrogens (tertiary/aromatic N) is 2. The maximum absolute atomic E-state index is 13.0. The molecule has 130 valence electrons. The second kappa shape index (κ2) is 5.80. The van der Waals surface area contributed by atoms with Crippen LogP contribution in [0.3, 0.4) is 0 Å². The molecule has 4 rings (SSSR count). The zero-order valence-corrected chi connectivity index (χ0v) is 13.8. The minimum atomic E-state index is -0.621. The first-order valence-corrected chi connectivity index (χ1v) is 8.14. The Morgan fingerprint density at radius 1 is 1.12 bits per heavy atom. The highest BCUT2D eigenvalue weighted by molar-refractivity contribution is 5.99. The summed E-state index contributed by atoms with van der Waals surface area (Å²) in [5.74, 6) is -0.312. The van der Waals surface area contributed by atoms with E-state index in [2.05, 4.69) is 0 Å². The van der Waals surface area contributed by atoms with Gasteiger partial charge < -0.3 is 9.32 Å². The number of hydrogen-bond donors (Lipinski definition) is 0. The third kappa shape index (κ3) is 2.21. The van der Waals surface area contributed by atoms with Crippen LogP contribution in [0.15, 0.2) is 57.7 Å². The number of hydrogen-bond acceptors (Lipinski definition) is 5. The molecule has 2 aromatic carbocycles. The van der Waals surface area contributed by atoms with Crippen molar-refractivity contribution in [3.05, 3.63) is 85.8 Å². The molecule has 0 spiro atoms. The summed E-state index contributed by atoms with van der Waals surface area (Å²) in [6, 6.07) is 12.0. The Kier molecular flexibility index (Phi) is 3.57. The van der Waals surface area contributed by atoms with Crippen LogP contribution in [0.5, 0.6) is 0 Å². The van der Waals surface area contributed by atoms with E-state index < -0.39 is 11.0 Å². The Morgan fingerprint density at radius 3 is 2.46 bits per heavy atom. The van der Waals surface area contributed by atoms with Gasteiger partial charge in [-0.3, -0.25) is 19.7 Å². The first-order chi connectivity index (χ1) is 12.5. The molecule has 0 saturated heterocycles. The zero-order chi connectivity index (χ0) is 18.4. The van der Waals surface area contributed by atoms with Crippen LogP contribution in [0, 0.1) is 10.1 Å². The van der Waals surface area contributed by atoms with Crippen LogP contribution >= 0.6 is 0 Å². The normalized spacial score (nSPS) is 16.1. The number of carbonyl (C=O) groups excluding carboxylic acids is 1. The van der Waals surface area contributed by atoms with Gasteiger partial charge in [-0.15, -0.1) is 0 Å². The first-order valence-electron chi connectivity index (χ1n) is 8.14. The lowest BCUT2D eigenvalue weighted by atomic mass is 9.98. The summed E-state index contributed by atoms with van der Waals surface area (Å²) in [5.41, 5.74) is 0.975. The highest BCUT2D eigenvalue weighted by atomic mass is 16.6. The monoisotopic (exact) mass is 350 g/mol. The molecule has 0 radical (unpaired) electrons. The molecule has 1 aliphatic rings. The molecule has 0 aliphatic carbocycles. The number of nitro groups is 1. The number of benzene rings is 2. The molecule has 0 bridgehead atoms. The molecule has 1 atom stereocenters. The number of para-hydroxylation sites is 1. The van der Waals surface area contributed by atoms with Gasteiger partial charge in [0.15, 0.2) is 5.43 Å². The smallest absolute Gasteiger partial charge is 0.290 e. The SMILES string of the molecule is CCN1C(=O)c2oc3ccccc3c(=O)c2C1c1ccc([N+](=O)[O-])cc1. The minimum Gasteiger partial charge on any atom is -0.450 e. The van der Waals surface area contributed by atoms with Crippen molar-refractivity contribution in [3.8, 4) is 0 Å². The summed E-state index contributed by atoms with van der Waals surface area (Å²) in [6.07, 6.45) is 0. The van der Waals surface area contributed by atoms with Gasteiger partial charge in [-0.05, 0) is 36.8 Å². The van der Waals surface area contributed by atoms with E-state index in [0.717, 1.165) is 0 Å². The number of amides is 1. The van der Waals surface area contributed by atoms with Gasteiger partial charge in [-0.1, -0.05) is 12.1 Å². The average Bonchev–Trinajstić information content (AvgIpc) is 2.94. The van der Waals surface area contributed by atoms with Crippen LogP contribution in [0.1, 0.15) is 34.6 Å². The molecule has 26 heavy (non-hydrogen) atoms. The van der Waals surface area contributed by atoms with Crippen LogP contribution in [0.4, 0.5) is 5.69 Å². The molecule has 1 aliphatic heterocycles. The van der Waals surface area contributed by atoms with Gasteiger partial charge in [0, 0.05) is 18.7 Å². The van der Waals surface area contributed by atoms with Crippen LogP contribution < -0.4 is 5.43 Å². The van der Waals surface area contributed by atoms with Crippen molar-refractivity contribution < 1.29 is 14.1 Å². The minimum absolute atomic E-state index is 0.0407. The molecule has 3 aromatic rings. The predicted molar refractivity (Wildman–Crippen MR) is 94.1 cm³/mol. The van der Waals surface area contributed by atoms with E-state index in [1.807, 2.05) is 6.92 Å². The van der Waals surface area contributed by atoms with E-state index in [1.54, 1.807) is 36.4 Å². The molecule has 2 heterocycles. The van der Waals surface area contributed by atoms with Gasteiger partial charge in [0.1, 0.15) is 5.58 Å². The Bertz CT molecular complexity index is 1100. The number of fused-ring (bicyclic) bond motifs is 2. The maximum atomic E-state index is 13.0. The second-order valence-electron chi connectivity index (χ2n) is 6.01. The van der Waals surface area contributed by atoms with Gasteiger partial charge in [0.2, 0.25) is 5.76 Å². The lowest BCUT2D eigenvalue weighted by Gasteiger charge is -2.23. The van der Waals surface area contributed by atoms with E-state index >= 15 is 0 Å². The Labute approximate surface area is 147 Å². The summed E-state index contributed by atoms with van der Waals surface area (Å²) >= 11 is 0. The molecule has 0 saturated carbocycles. The number of non-ortho nitro benzene ring substituents is 1. The highest BCUT2D eigenvalue weighted by Crippen LogP contribution is 2.38. The Morgan fingerprint density at radius 2 is 1.81 bits per heavy atom. The molecule has 1 aromatic heterocycles. The van der Waals surface area contributed by atoms with Crippen LogP contribution in [0.2, 0.25) is 0 Å². The zero-order valence-electron chi connectivity index (χ0n) is 13.8. The standard InChI is InChI=1S/C19H14N2O5/c1-2-20-16(11-7-9-12(10-8-11)21(24)25)15-17(22)13-5-3-4-6-14(13)26-18(15)19(20)23/h3-10,16H,2H2,1H3. The first kappa shape index (κ1) is 16.0. The average molecular weight is 350 g/mol. The molecule has 1 unspecified atom stereocenters. The van der Waals surface area contributed by atoms with Crippen molar-refractivity contribution in [1.29, 1.82) is 0 Å². The van der Waals surface area contributed by atoms with Crippen molar-refractivity contribution in [2.24, 2.45) is 0 Å². The summed E-state index contributed by atoms with van der Waals surface area (Å²) in [5, 5.41) is 11.3. The van der Waals surface area contributed by atoms with Gasteiger partial charge in [0.25, 0.3) is 11.6 Å². The van der Waals surface area contributed by atoms with Crippen molar-refractivity contribution >= 4 is 22.6 Å². The van der Waals surface area contributed by atoms with Crippen molar-refractivity contribution in [2.75, 3.05) is 6.54 Å². The van der Waals surface area contributed by atoms with E-state index in [4.69, 9.17) is 4.42 Å². The number of nitro benzene ring substituents is 1. The molecule has 7 heteroatoms. The summed E-state index contributed by atoms with van der Waals surface area (Å²) in [6.45, 7) is 2.19. The Hall–Kier alpha value is -3.48. The molecule has 7 nitrogen and oxygen atoms in total. The fourth-order valence-electron chi connectivity index (χ4n) is 3.42. The highest BCUT2D eigenvalue weighted by Gasteiger charge is 2.41. The number of rotatable bonds is 3. The molecule has 0 fully saturated rings. The van der Waals surface area contributed by atoms with Crippen LogP contribution in [-0.4, -0.2) is 22.3 Å². The molecule has 0 N–H and O–H groups in total. The van der Waals surface area contributed by atoms with E-state index in [-0.39, 0.29) is 28.3 Å². The molecular formula is C19H14N2O5. The quantitative estimate of drug-likeness (QED) is 0.534. The summed E-state index contributed by atoms with van der Waals surface area (Å²) in [7, 11) is 0. The van der Waals surface area contributed by atoms with Gasteiger partial charge in [-0.2, -0.15) is 0 Å². The van der Waals surface area contributed by atoms with E-state index in [9.17, 15) is 19.7 Å². The van der Waals surface area contributed by atoms with Crippen molar-refractivity contribution in [1.82, 2.24) is 4.90 Å². The lowest BCUT2D eigenvalue weighted by molar-refractivity contribution is -0.384. The van der Waals surface area contributed by atoms with E-state index in [1.165, 1.54) is 17.0 Å². The second-order valence-corrected chi connectivity index (χ2v) is 6.01. The van der Waals surface area contributed by atoms with Crippen molar-refractivity contribution in [2.45, 2.75) is 13.0 Å². The van der Waals surface area contributed by atoms with E-state index in [0.29, 0.717) is 23.1 Å². The van der Waals surface area contributed by atoms with Gasteiger partial charge >= 0.3 is 0 Å². The predicted octanol–water partition coefficient (Wildman–Crippen LogP) is 3.27.